The predicted molar refractivity (Wildman–Crippen MR) is 117 cm³/mol. The lowest BCUT2D eigenvalue weighted by Gasteiger charge is -2.17. The number of nitrogens with zero attached hydrogens (tertiary/aromatic N) is 1. The smallest absolute Gasteiger partial charge is 0.225 e. The van der Waals surface area contributed by atoms with E-state index in [0.29, 0.717) is 30.5 Å². The molecule has 0 aliphatic heterocycles. The molecule has 1 rings (SSSR count). The van der Waals surface area contributed by atoms with Crippen LogP contribution >= 0.6 is 24.0 Å². The standard InChI is InChI=1S/C18H30N4O3.HI/c1-7-19-17(21-11-10-20-16(23)18(2,3)4)22-13-8-9-14(24-5)15(12-13)25-6;/h8-9,12H,7,10-11H2,1-6H3,(H,20,23)(H2,19,21,22);1H. The van der Waals surface area contributed by atoms with Gasteiger partial charge in [0.1, 0.15) is 0 Å². The topological polar surface area (TPSA) is 84.0 Å². The first-order valence-corrected chi connectivity index (χ1v) is 8.37. The second kappa shape index (κ2) is 11.8. The van der Waals surface area contributed by atoms with Gasteiger partial charge >= 0.3 is 0 Å². The molecule has 0 saturated carbocycles. The highest BCUT2D eigenvalue weighted by Gasteiger charge is 2.20. The first-order valence-electron chi connectivity index (χ1n) is 8.37. The van der Waals surface area contributed by atoms with Gasteiger partial charge in [0.15, 0.2) is 17.5 Å². The third kappa shape index (κ3) is 8.11. The molecule has 8 heteroatoms. The lowest BCUT2D eigenvalue weighted by atomic mass is 9.96. The van der Waals surface area contributed by atoms with E-state index in [1.807, 2.05) is 45.9 Å². The molecule has 0 aliphatic rings. The molecule has 0 aliphatic carbocycles. The monoisotopic (exact) mass is 478 g/mol. The van der Waals surface area contributed by atoms with Gasteiger partial charge < -0.3 is 25.4 Å². The van der Waals surface area contributed by atoms with Gasteiger partial charge in [0.2, 0.25) is 5.91 Å². The Morgan fingerprint density at radius 1 is 1.12 bits per heavy atom. The molecule has 3 N–H and O–H groups in total. The zero-order valence-corrected chi connectivity index (χ0v) is 18.8. The summed E-state index contributed by atoms with van der Waals surface area (Å²) in [6, 6.07) is 5.55. The Balaban J connectivity index is 0.00000625. The number of halogens is 1. The predicted octanol–water partition coefficient (Wildman–Crippen LogP) is 2.86. The minimum atomic E-state index is -0.397. The number of hydrogen-bond donors (Lipinski definition) is 3. The largest absolute Gasteiger partial charge is 0.493 e. The Labute approximate surface area is 173 Å². The summed E-state index contributed by atoms with van der Waals surface area (Å²) in [5.41, 5.74) is 0.433. The molecule has 26 heavy (non-hydrogen) atoms. The Morgan fingerprint density at radius 3 is 2.31 bits per heavy atom. The average molecular weight is 478 g/mol. The highest BCUT2D eigenvalue weighted by atomic mass is 127. The van der Waals surface area contributed by atoms with Crippen LogP contribution in [-0.4, -0.2) is 45.7 Å². The number of anilines is 1. The van der Waals surface area contributed by atoms with Crippen molar-refractivity contribution in [3.8, 4) is 11.5 Å². The molecule has 0 bridgehead atoms. The van der Waals surface area contributed by atoms with Crippen LogP contribution < -0.4 is 25.4 Å². The maximum atomic E-state index is 11.8. The van der Waals surface area contributed by atoms with Crippen LogP contribution in [0.1, 0.15) is 27.7 Å². The van der Waals surface area contributed by atoms with Crippen molar-refractivity contribution in [1.82, 2.24) is 10.6 Å². The third-order valence-corrected chi connectivity index (χ3v) is 3.34. The minimum absolute atomic E-state index is 0. The molecule has 0 aromatic heterocycles. The summed E-state index contributed by atoms with van der Waals surface area (Å²) in [6.07, 6.45) is 0. The molecule has 0 spiro atoms. The van der Waals surface area contributed by atoms with Crippen LogP contribution in [0.3, 0.4) is 0 Å². The van der Waals surface area contributed by atoms with E-state index in [0.717, 1.165) is 12.2 Å². The van der Waals surface area contributed by atoms with E-state index in [-0.39, 0.29) is 29.9 Å². The van der Waals surface area contributed by atoms with Crippen LogP contribution in [0.15, 0.2) is 23.2 Å². The number of guanidine groups is 1. The molecule has 1 amide bonds. The van der Waals surface area contributed by atoms with Gasteiger partial charge in [-0.1, -0.05) is 20.8 Å². The zero-order chi connectivity index (χ0) is 18.9. The summed E-state index contributed by atoms with van der Waals surface area (Å²) in [6.45, 7) is 9.33. The van der Waals surface area contributed by atoms with E-state index in [4.69, 9.17) is 9.47 Å². The number of hydrogen-bond acceptors (Lipinski definition) is 4. The molecule has 0 heterocycles. The maximum Gasteiger partial charge on any atom is 0.225 e. The van der Waals surface area contributed by atoms with Crippen molar-refractivity contribution in [2.45, 2.75) is 27.7 Å². The summed E-state index contributed by atoms with van der Waals surface area (Å²) in [5, 5.41) is 9.26. The molecular weight excluding hydrogens is 447 g/mol. The van der Waals surface area contributed by atoms with Gasteiger partial charge in [-0.3, -0.25) is 9.79 Å². The van der Waals surface area contributed by atoms with Gasteiger partial charge in [-0.25, -0.2) is 0 Å². The summed E-state index contributed by atoms with van der Waals surface area (Å²) >= 11 is 0. The van der Waals surface area contributed by atoms with Crippen molar-refractivity contribution < 1.29 is 14.3 Å². The summed E-state index contributed by atoms with van der Waals surface area (Å²) in [5.74, 6) is 1.96. The number of rotatable bonds is 7. The summed E-state index contributed by atoms with van der Waals surface area (Å²) in [4.78, 5) is 16.3. The number of carbonyl (C=O) groups excluding carboxylic acids is 1. The quantitative estimate of drug-likeness (QED) is 0.243. The van der Waals surface area contributed by atoms with Crippen LogP contribution in [0.5, 0.6) is 11.5 Å². The number of ether oxygens (including phenoxy) is 2. The molecule has 148 valence electrons. The van der Waals surface area contributed by atoms with Gasteiger partial charge in [0, 0.05) is 30.3 Å². The van der Waals surface area contributed by atoms with Gasteiger partial charge in [0.05, 0.1) is 20.8 Å². The second-order valence-electron chi connectivity index (χ2n) is 6.46. The highest BCUT2D eigenvalue weighted by molar-refractivity contribution is 14.0. The molecular formula is C18H31IN4O3. The van der Waals surface area contributed by atoms with Crippen molar-refractivity contribution in [3.05, 3.63) is 18.2 Å². The average Bonchev–Trinajstić information content (AvgIpc) is 2.57. The number of carbonyl (C=O) groups is 1. The summed E-state index contributed by atoms with van der Waals surface area (Å²) < 4.78 is 10.5. The highest BCUT2D eigenvalue weighted by Crippen LogP contribution is 2.29. The lowest BCUT2D eigenvalue weighted by molar-refractivity contribution is -0.128. The van der Waals surface area contributed by atoms with Crippen LogP contribution in [0, 0.1) is 5.41 Å². The van der Waals surface area contributed by atoms with Gasteiger partial charge in [-0.05, 0) is 19.1 Å². The summed E-state index contributed by atoms with van der Waals surface area (Å²) in [7, 11) is 3.20. The van der Waals surface area contributed by atoms with E-state index in [2.05, 4.69) is 20.9 Å². The van der Waals surface area contributed by atoms with Gasteiger partial charge in [-0.15, -0.1) is 24.0 Å². The molecule has 0 fully saturated rings. The van der Waals surface area contributed by atoms with Crippen molar-refractivity contribution in [3.63, 3.8) is 0 Å². The molecule has 1 aromatic carbocycles. The Kier molecular flexibility index (Phi) is 11.0. The van der Waals surface area contributed by atoms with Crippen molar-refractivity contribution in [2.75, 3.05) is 39.2 Å². The van der Waals surface area contributed by atoms with E-state index >= 15 is 0 Å². The fourth-order valence-electron chi connectivity index (χ4n) is 1.96. The van der Waals surface area contributed by atoms with Crippen molar-refractivity contribution in [1.29, 1.82) is 0 Å². The third-order valence-electron chi connectivity index (χ3n) is 3.34. The number of benzene rings is 1. The number of amides is 1. The number of nitrogens with one attached hydrogen (secondary N) is 3. The van der Waals surface area contributed by atoms with Gasteiger partial charge in [-0.2, -0.15) is 0 Å². The molecule has 0 saturated heterocycles. The van der Waals surface area contributed by atoms with Crippen LogP contribution in [0.2, 0.25) is 0 Å². The van der Waals surface area contributed by atoms with Crippen molar-refractivity contribution >= 4 is 41.5 Å². The molecule has 7 nitrogen and oxygen atoms in total. The first-order chi connectivity index (χ1) is 11.8. The molecule has 1 aromatic rings. The molecule has 0 atom stereocenters. The SMILES string of the molecule is CCNC(=NCCNC(=O)C(C)(C)C)Nc1ccc(OC)c(OC)c1.I. The first kappa shape index (κ1) is 24.3. The second-order valence-corrected chi connectivity index (χ2v) is 6.46. The van der Waals surface area contributed by atoms with Crippen molar-refractivity contribution in [2.24, 2.45) is 10.4 Å². The Morgan fingerprint density at radius 2 is 1.77 bits per heavy atom. The minimum Gasteiger partial charge on any atom is -0.493 e. The maximum absolute atomic E-state index is 11.8. The van der Waals surface area contributed by atoms with E-state index in [9.17, 15) is 4.79 Å². The molecule has 0 radical (unpaired) electrons. The number of methoxy groups -OCH3 is 2. The normalized spacial score (nSPS) is 11.2. The Hall–Kier alpha value is -1.71. The van der Waals surface area contributed by atoms with Crippen LogP contribution in [0.4, 0.5) is 5.69 Å². The fourth-order valence-corrected chi connectivity index (χ4v) is 1.96. The number of aliphatic imine (C=N–C) groups is 1. The van der Waals surface area contributed by atoms with Crippen LogP contribution in [-0.2, 0) is 4.79 Å². The fraction of sp³-hybridized carbons (Fsp3) is 0.556. The van der Waals surface area contributed by atoms with Gasteiger partial charge in [0.25, 0.3) is 0 Å². The van der Waals surface area contributed by atoms with E-state index in [1.165, 1.54) is 0 Å². The Bertz CT molecular complexity index is 601. The zero-order valence-electron chi connectivity index (χ0n) is 16.4. The lowest BCUT2D eigenvalue weighted by Crippen LogP contribution is -2.37. The van der Waals surface area contributed by atoms with E-state index < -0.39 is 5.41 Å². The van der Waals surface area contributed by atoms with E-state index in [1.54, 1.807) is 14.2 Å². The molecule has 0 unspecified atom stereocenters. The van der Waals surface area contributed by atoms with Crippen LogP contribution in [0.25, 0.3) is 0 Å².